The van der Waals surface area contributed by atoms with Crippen LogP contribution in [0.25, 0.3) is 0 Å². The average Bonchev–Trinajstić information content (AvgIpc) is 2.06. The van der Waals surface area contributed by atoms with Crippen LogP contribution in [0.2, 0.25) is 5.15 Å². The first-order valence-corrected chi connectivity index (χ1v) is 4.38. The maximum Gasteiger partial charge on any atom is 0.132 e. The molecule has 0 saturated heterocycles. The number of hydrogen-bond acceptors (Lipinski definition) is 1. The second-order valence-electron chi connectivity index (χ2n) is 2.95. The van der Waals surface area contributed by atoms with Gasteiger partial charge in [-0.05, 0) is 42.9 Å². The van der Waals surface area contributed by atoms with Crippen molar-refractivity contribution in [1.29, 1.82) is 0 Å². The number of hydrogen-bond donors (Lipinski definition) is 0. The summed E-state index contributed by atoms with van der Waals surface area (Å²) in [6, 6.07) is 2.08. The SMILES string of the molecule is Clc1nccc2c1CCCC2. The summed E-state index contributed by atoms with van der Waals surface area (Å²) >= 11 is 5.93. The molecule has 1 aromatic rings. The van der Waals surface area contributed by atoms with E-state index in [1.54, 1.807) is 6.20 Å². The van der Waals surface area contributed by atoms with Crippen LogP contribution in [0.4, 0.5) is 0 Å². The van der Waals surface area contributed by atoms with Gasteiger partial charge in [0.05, 0.1) is 0 Å². The van der Waals surface area contributed by atoms with E-state index < -0.39 is 0 Å². The highest BCUT2D eigenvalue weighted by Crippen LogP contribution is 2.25. The third kappa shape index (κ3) is 1.25. The van der Waals surface area contributed by atoms with Crippen LogP contribution in [-0.2, 0) is 12.8 Å². The highest BCUT2D eigenvalue weighted by Gasteiger charge is 2.11. The summed E-state index contributed by atoms with van der Waals surface area (Å²) < 4.78 is 0. The van der Waals surface area contributed by atoms with Crippen LogP contribution < -0.4 is 0 Å². The van der Waals surface area contributed by atoms with E-state index in [9.17, 15) is 0 Å². The first kappa shape index (κ1) is 7.11. The summed E-state index contributed by atoms with van der Waals surface area (Å²) in [5, 5.41) is 0.710. The molecule has 1 nitrogen and oxygen atoms in total. The summed E-state index contributed by atoms with van der Waals surface area (Å²) in [5.74, 6) is 0. The average molecular weight is 168 g/mol. The van der Waals surface area contributed by atoms with Gasteiger partial charge in [-0.25, -0.2) is 4.98 Å². The van der Waals surface area contributed by atoms with E-state index in [0.717, 1.165) is 6.42 Å². The van der Waals surface area contributed by atoms with E-state index in [4.69, 9.17) is 11.6 Å². The van der Waals surface area contributed by atoms with Gasteiger partial charge in [0.15, 0.2) is 0 Å². The molecule has 0 unspecified atom stereocenters. The molecule has 0 aliphatic heterocycles. The molecule has 0 atom stereocenters. The van der Waals surface area contributed by atoms with Crippen LogP contribution in [0, 0.1) is 0 Å². The summed E-state index contributed by atoms with van der Waals surface area (Å²) in [5.41, 5.74) is 2.68. The smallest absolute Gasteiger partial charge is 0.132 e. The minimum absolute atomic E-state index is 0.710. The van der Waals surface area contributed by atoms with Gasteiger partial charge in [-0.1, -0.05) is 11.6 Å². The van der Waals surface area contributed by atoms with E-state index in [2.05, 4.69) is 11.1 Å². The number of pyridine rings is 1. The van der Waals surface area contributed by atoms with Crippen LogP contribution in [0.1, 0.15) is 24.0 Å². The zero-order valence-corrected chi connectivity index (χ0v) is 7.06. The van der Waals surface area contributed by atoms with Gasteiger partial charge < -0.3 is 0 Å². The maximum absolute atomic E-state index is 5.93. The molecule has 1 aliphatic rings. The number of halogens is 1. The lowest BCUT2D eigenvalue weighted by Crippen LogP contribution is -2.03. The molecule has 0 fully saturated rings. The molecule has 1 heterocycles. The number of aryl methyl sites for hydroxylation is 1. The molecule has 58 valence electrons. The van der Waals surface area contributed by atoms with Gasteiger partial charge in [-0.2, -0.15) is 0 Å². The van der Waals surface area contributed by atoms with Crippen molar-refractivity contribution in [2.75, 3.05) is 0 Å². The predicted molar refractivity (Wildman–Crippen MR) is 45.9 cm³/mol. The largest absolute Gasteiger partial charge is 0.244 e. The van der Waals surface area contributed by atoms with Crippen LogP contribution in [0.15, 0.2) is 12.3 Å². The Bertz CT molecular complexity index is 270. The molecule has 0 aromatic carbocycles. The fraction of sp³-hybridized carbons (Fsp3) is 0.444. The van der Waals surface area contributed by atoms with Gasteiger partial charge in [0, 0.05) is 6.20 Å². The third-order valence-corrected chi connectivity index (χ3v) is 2.55. The van der Waals surface area contributed by atoms with Crippen LogP contribution in [0.3, 0.4) is 0 Å². The normalized spacial score (nSPS) is 16.1. The van der Waals surface area contributed by atoms with Crippen molar-refractivity contribution >= 4 is 11.6 Å². The quantitative estimate of drug-likeness (QED) is 0.542. The minimum atomic E-state index is 0.710. The van der Waals surface area contributed by atoms with Gasteiger partial charge in [0.2, 0.25) is 0 Å². The van der Waals surface area contributed by atoms with Crippen LogP contribution >= 0.6 is 11.6 Å². The first-order valence-electron chi connectivity index (χ1n) is 4.00. The fourth-order valence-corrected chi connectivity index (χ4v) is 1.89. The van der Waals surface area contributed by atoms with Crippen LogP contribution in [0.5, 0.6) is 0 Å². The molecule has 1 aliphatic carbocycles. The van der Waals surface area contributed by atoms with Gasteiger partial charge in [0.1, 0.15) is 5.15 Å². The minimum Gasteiger partial charge on any atom is -0.244 e. The second-order valence-corrected chi connectivity index (χ2v) is 3.30. The van der Waals surface area contributed by atoms with Crippen molar-refractivity contribution < 1.29 is 0 Å². The summed E-state index contributed by atoms with van der Waals surface area (Å²) in [6.45, 7) is 0. The zero-order valence-electron chi connectivity index (χ0n) is 6.31. The molecule has 0 spiro atoms. The Kier molecular flexibility index (Phi) is 1.82. The standard InChI is InChI=1S/C9H10ClN/c10-9-8-4-2-1-3-7(8)5-6-11-9/h5-6H,1-4H2. The molecule has 0 N–H and O–H groups in total. The van der Waals surface area contributed by atoms with E-state index >= 15 is 0 Å². The number of fused-ring (bicyclic) bond motifs is 1. The Hall–Kier alpha value is -0.560. The highest BCUT2D eigenvalue weighted by atomic mass is 35.5. The van der Waals surface area contributed by atoms with E-state index in [0.29, 0.717) is 5.15 Å². The molecular formula is C9H10ClN. The molecular weight excluding hydrogens is 158 g/mol. The Morgan fingerprint density at radius 3 is 2.91 bits per heavy atom. The van der Waals surface area contributed by atoms with Crippen molar-refractivity contribution in [2.45, 2.75) is 25.7 Å². The topological polar surface area (TPSA) is 12.9 Å². The van der Waals surface area contributed by atoms with E-state index in [-0.39, 0.29) is 0 Å². The Balaban J connectivity index is 2.49. The predicted octanol–water partition coefficient (Wildman–Crippen LogP) is 2.61. The lowest BCUT2D eigenvalue weighted by molar-refractivity contribution is 0.682. The van der Waals surface area contributed by atoms with Crippen LogP contribution in [-0.4, -0.2) is 4.98 Å². The third-order valence-electron chi connectivity index (χ3n) is 2.22. The van der Waals surface area contributed by atoms with Crippen molar-refractivity contribution in [3.8, 4) is 0 Å². The van der Waals surface area contributed by atoms with E-state index in [1.165, 1.54) is 30.4 Å². The molecule has 11 heavy (non-hydrogen) atoms. The highest BCUT2D eigenvalue weighted by molar-refractivity contribution is 6.30. The van der Waals surface area contributed by atoms with Gasteiger partial charge >= 0.3 is 0 Å². The number of rotatable bonds is 0. The van der Waals surface area contributed by atoms with Crippen molar-refractivity contribution in [2.24, 2.45) is 0 Å². The molecule has 0 bridgehead atoms. The number of nitrogens with zero attached hydrogens (tertiary/aromatic N) is 1. The van der Waals surface area contributed by atoms with Gasteiger partial charge in [0.25, 0.3) is 0 Å². The molecule has 0 amide bonds. The van der Waals surface area contributed by atoms with Crippen molar-refractivity contribution in [3.05, 3.63) is 28.5 Å². The molecule has 2 rings (SSSR count). The molecule has 0 radical (unpaired) electrons. The molecule has 0 saturated carbocycles. The monoisotopic (exact) mass is 167 g/mol. The van der Waals surface area contributed by atoms with E-state index in [1.807, 2.05) is 0 Å². The first-order chi connectivity index (χ1) is 5.38. The van der Waals surface area contributed by atoms with Gasteiger partial charge in [-0.3, -0.25) is 0 Å². The summed E-state index contributed by atoms with van der Waals surface area (Å²) in [7, 11) is 0. The van der Waals surface area contributed by atoms with Crippen molar-refractivity contribution in [3.63, 3.8) is 0 Å². The molecule has 1 aromatic heterocycles. The summed E-state index contributed by atoms with van der Waals surface area (Å²) in [6.07, 6.45) is 6.65. The van der Waals surface area contributed by atoms with Gasteiger partial charge in [-0.15, -0.1) is 0 Å². The lowest BCUT2D eigenvalue weighted by Gasteiger charge is -2.15. The Morgan fingerprint density at radius 1 is 1.27 bits per heavy atom. The fourth-order valence-electron chi connectivity index (χ4n) is 1.62. The molecule has 2 heteroatoms. The summed E-state index contributed by atoms with van der Waals surface area (Å²) in [4.78, 5) is 4.06. The maximum atomic E-state index is 5.93. The number of aromatic nitrogens is 1. The Labute approximate surface area is 71.4 Å². The van der Waals surface area contributed by atoms with Crippen molar-refractivity contribution in [1.82, 2.24) is 4.98 Å². The Morgan fingerprint density at radius 2 is 2.09 bits per heavy atom. The lowest BCUT2D eigenvalue weighted by atomic mass is 9.94. The zero-order chi connectivity index (χ0) is 7.68. The second kappa shape index (κ2) is 2.82.